The number of carbonyl (C=O) groups excluding carboxylic acids is 2. The smallest absolute Gasteiger partial charge is 0.292 e. The average Bonchev–Trinajstić information content (AvgIpc) is 3.52. The number of aromatic nitrogens is 5. The number of carbonyl (C=O) groups is 2. The largest absolute Gasteiger partial charge is 0.362 e. The Morgan fingerprint density at radius 1 is 1.29 bits per heavy atom. The highest BCUT2D eigenvalue weighted by Crippen LogP contribution is 2.33. The van der Waals surface area contributed by atoms with Gasteiger partial charge in [0.15, 0.2) is 11.5 Å². The van der Waals surface area contributed by atoms with Gasteiger partial charge >= 0.3 is 0 Å². The summed E-state index contributed by atoms with van der Waals surface area (Å²) >= 11 is 0. The molecule has 3 N–H and O–H groups in total. The number of hydrogen-bond donors (Lipinski definition) is 3. The number of likely N-dealkylation sites (tertiary alicyclic amines) is 1. The van der Waals surface area contributed by atoms with Crippen molar-refractivity contribution in [3.05, 3.63) is 66.2 Å². The summed E-state index contributed by atoms with van der Waals surface area (Å²) in [5, 5.41) is 17.6. The van der Waals surface area contributed by atoms with Crippen molar-refractivity contribution in [1.82, 2.24) is 35.5 Å². The fourth-order valence-corrected chi connectivity index (χ4v) is 4.10. The summed E-state index contributed by atoms with van der Waals surface area (Å²) in [5.41, 5.74) is 1.83. The van der Waals surface area contributed by atoms with Crippen molar-refractivity contribution >= 4 is 28.7 Å². The van der Waals surface area contributed by atoms with E-state index < -0.39 is 11.7 Å². The van der Waals surface area contributed by atoms with Crippen LogP contribution in [0.3, 0.4) is 0 Å². The van der Waals surface area contributed by atoms with E-state index in [4.69, 9.17) is 4.52 Å². The second kappa shape index (κ2) is 9.69. The van der Waals surface area contributed by atoms with Crippen LogP contribution in [0.5, 0.6) is 0 Å². The first kappa shape index (κ1) is 25.1. The van der Waals surface area contributed by atoms with E-state index in [2.05, 4.69) is 42.5 Å². The first-order valence-corrected chi connectivity index (χ1v) is 12.1. The van der Waals surface area contributed by atoms with Gasteiger partial charge in [0.25, 0.3) is 11.7 Å². The highest BCUT2D eigenvalue weighted by molar-refractivity contribution is 6.00. The molecule has 0 radical (unpaired) electrons. The van der Waals surface area contributed by atoms with Crippen LogP contribution in [0.1, 0.15) is 42.8 Å². The zero-order valence-corrected chi connectivity index (χ0v) is 21.2. The number of amides is 2. The van der Waals surface area contributed by atoms with Crippen molar-refractivity contribution in [2.45, 2.75) is 38.8 Å². The molecule has 1 aliphatic rings. The standard InChI is InChI=1S/C26H27FN8O3/c1-5-19(36)35-12-16(13-35)30-22-20-17(8-9-28-21(20)32-33-22)14-6-7-15(18(27)10-14)11-29-24(37)23-31-25(38-34-23)26(2,3)4/h5-10,16H,1,11-13H2,2-4H3,(H,29,37)(H2,28,30,32,33). The molecule has 0 bridgehead atoms. The summed E-state index contributed by atoms with van der Waals surface area (Å²) in [7, 11) is 0. The minimum absolute atomic E-state index is 0.0277. The molecular weight excluding hydrogens is 491 g/mol. The van der Waals surface area contributed by atoms with E-state index in [-0.39, 0.29) is 29.7 Å². The van der Waals surface area contributed by atoms with Gasteiger partial charge < -0.3 is 20.1 Å². The molecule has 38 heavy (non-hydrogen) atoms. The third-order valence-corrected chi connectivity index (χ3v) is 6.24. The fraction of sp³-hybridized carbons (Fsp3) is 0.308. The Morgan fingerprint density at radius 3 is 2.76 bits per heavy atom. The summed E-state index contributed by atoms with van der Waals surface area (Å²) < 4.78 is 20.2. The number of halogens is 1. The first-order chi connectivity index (χ1) is 18.1. The van der Waals surface area contributed by atoms with Crippen molar-refractivity contribution in [2.24, 2.45) is 0 Å². The van der Waals surface area contributed by atoms with E-state index in [0.29, 0.717) is 47.0 Å². The van der Waals surface area contributed by atoms with Gasteiger partial charge in [-0.25, -0.2) is 9.37 Å². The van der Waals surface area contributed by atoms with Crippen molar-refractivity contribution in [3.63, 3.8) is 0 Å². The molecule has 1 saturated heterocycles. The van der Waals surface area contributed by atoms with Crippen molar-refractivity contribution < 1.29 is 18.5 Å². The minimum atomic E-state index is -0.554. The summed E-state index contributed by atoms with van der Waals surface area (Å²) in [6, 6.07) is 6.62. The van der Waals surface area contributed by atoms with Gasteiger partial charge in [-0.2, -0.15) is 10.1 Å². The zero-order chi connectivity index (χ0) is 27.0. The fourth-order valence-electron chi connectivity index (χ4n) is 4.10. The highest BCUT2D eigenvalue weighted by atomic mass is 19.1. The van der Waals surface area contributed by atoms with E-state index in [1.807, 2.05) is 20.8 Å². The summed E-state index contributed by atoms with van der Waals surface area (Å²) in [5.74, 6) is -0.334. The Bertz CT molecular complexity index is 1530. The lowest BCUT2D eigenvalue weighted by molar-refractivity contribution is -0.129. The number of nitrogens with one attached hydrogen (secondary N) is 3. The lowest BCUT2D eigenvalue weighted by atomic mass is 9.97. The molecule has 4 aromatic rings. The summed E-state index contributed by atoms with van der Waals surface area (Å²) in [6.45, 7) is 10.2. The van der Waals surface area contributed by atoms with Crippen LogP contribution in [0.4, 0.5) is 10.2 Å². The van der Waals surface area contributed by atoms with Gasteiger partial charge in [-0.05, 0) is 29.3 Å². The molecule has 0 unspecified atom stereocenters. The van der Waals surface area contributed by atoms with Crippen LogP contribution in [-0.4, -0.2) is 61.2 Å². The number of fused-ring (bicyclic) bond motifs is 1. The Hall–Kier alpha value is -4.61. The van der Waals surface area contributed by atoms with Crippen molar-refractivity contribution in [3.8, 4) is 11.1 Å². The third kappa shape index (κ3) is 4.84. The zero-order valence-electron chi connectivity index (χ0n) is 21.2. The molecular formula is C26H27FN8O3. The van der Waals surface area contributed by atoms with Gasteiger partial charge in [-0.15, -0.1) is 0 Å². The van der Waals surface area contributed by atoms with Crippen LogP contribution < -0.4 is 10.6 Å². The van der Waals surface area contributed by atoms with Crippen LogP contribution in [0.25, 0.3) is 22.2 Å². The molecule has 0 atom stereocenters. The molecule has 3 aromatic heterocycles. The predicted molar refractivity (Wildman–Crippen MR) is 138 cm³/mol. The molecule has 11 nitrogen and oxygen atoms in total. The highest BCUT2D eigenvalue weighted by Gasteiger charge is 2.30. The van der Waals surface area contributed by atoms with Crippen molar-refractivity contribution in [1.29, 1.82) is 0 Å². The first-order valence-electron chi connectivity index (χ1n) is 12.1. The molecule has 2 amide bonds. The van der Waals surface area contributed by atoms with Gasteiger partial charge in [-0.3, -0.25) is 14.7 Å². The summed E-state index contributed by atoms with van der Waals surface area (Å²) in [6.07, 6.45) is 2.91. The van der Waals surface area contributed by atoms with Crippen LogP contribution in [0, 0.1) is 5.82 Å². The number of benzene rings is 1. The van der Waals surface area contributed by atoms with Gasteiger partial charge in [-0.1, -0.05) is 44.6 Å². The number of hydrogen-bond acceptors (Lipinski definition) is 8. The van der Waals surface area contributed by atoms with Crippen LogP contribution in [0.15, 0.2) is 47.6 Å². The topological polar surface area (TPSA) is 142 Å². The molecule has 5 rings (SSSR count). The molecule has 0 spiro atoms. The summed E-state index contributed by atoms with van der Waals surface area (Å²) in [4.78, 5) is 34.3. The predicted octanol–water partition coefficient (Wildman–Crippen LogP) is 3.18. The van der Waals surface area contributed by atoms with E-state index in [1.165, 1.54) is 12.1 Å². The Kier molecular flexibility index (Phi) is 6.39. The monoisotopic (exact) mass is 518 g/mol. The normalized spacial score (nSPS) is 13.8. The molecule has 1 fully saturated rings. The van der Waals surface area contributed by atoms with Crippen LogP contribution in [-0.2, 0) is 16.8 Å². The van der Waals surface area contributed by atoms with Crippen LogP contribution in [0.2, 0.25) is 0 Å². The minimum Gasteiger partial charge on any atom is -0.362 e. The van der Waals surface area contributed by atoms with Gasteiger partial charge in [0.05, 0.1) is 11.4 Å². The van der Waals surface area contributed by atoms with Gasteiger partial charge in [0.2, 0.25) is 11.8 Å². The molecule has 1 aromatic carbocycles. The number of H-pyrrole nitrogens is 1. The van der Waals surface area contributed by atoms with E-state index in [0.717, 1.165) is 5.56 Å². The Morgan fingerprint density at radius 2 is 2.08 bits per heavy atom. The SMILES string of the molecule is C=CC(=O)N1CC(Nc2n[nH]c3nccc(-c4ccc(CNC(=O)c5noc(C(C)(C)C)n5)c(F)c4)c23)C1. The van der Waals surface area contributed by atoms with E-state index in [1.54, 1.807) is 29.3 Å². The van der Waals surface area contributed by atoms with Crippen molar-refractivity contribution in [2.75, 3.05) is 18.4 Å². The van der Waals surface area contributed by atoms with Crippen LogP contribution >= 0.6 is 0 Å². The number of rotatable bonds is 7. The maximum atomic E-state index is 15.1. The maximum absolute atomic E-state index is 15.1. The number of pyridine rings is 1. The molecule has 0 aliphatic carbocycles. The van der Waals surface area contributed by atoms with Gasteiger partial charge in [0, 0.05) is 36.8 Å². The number of nitrogens with zero attached hydrogens (tertiary/aromatic N) is 5. The molecule has 12 heteroatoms. The second-order valence-electron chi connectivity index (χ2n) is 10.1. The Labute approximate surface area is 217 Å². The number of anilines is 1. The maximum Gasteiger partial charge on any atom is 0.292 e. The van der Waals surface area contributed by atoms with E-state index in [9.17, 15) is 9.59 Å². The van der Waals surface area contributed by atoms with E-state index >= 15 is 4.39 Å². The number of aromatic amines is 1. The lowest BCUT2D eigenvalue weighted by Crippen LogP contribution is -2.56. The lowest BCUT2D eigenvalue weighted by Gasteiger charge is -2.39. The quantitative estimate of drug-likeness (QED) is 0.317. The van der Waals surface area contributed by atoms with Gasteiger partial charge in [0.1, 0.15) is 5.82 Å². The molecule has 0 saturated carbocycles. The Balaban J connectivity index is 1.31. The third-order valence-electron chi connectivity index (χ3n) is 6.24. The second-order valence-corrected chi connectivity index (χ2v) is 10.1. The molecule has 4 heterocycles. The average molecular weight is 519 g/mol. The molecule has 196 valence electrons. The molecule has 1 aliphatic heterocycles.